The van der Waals surface area contributed by atoms with Crippen LogP contribution in [0.15, 0.2) is 71.8 Å². The highest BCUT2D eigenvalue weighted by atomic mass is 32.2. The van der Waals surface area contributed by atoms with Crippen molar-refractivity contribution < 1.29 is 23.3 Å². The summed E-state index contributed by atoms with van der Waals surface area (Å²) in [4.78, 5) is 31.4. The van der Waals surface area contributed by atoms with Crippen molar-refractivity contribution in [1.29, 1.82) is 0 Å². The SMILES string of the molecule is CC1c2cc(Oc3ccnc4c3cc(C=O)n4S(=O)c3ccccc3)ccc2CCN1C(=O)OC(C)(C)C. The number of amides is 1. The minimum Gasteiger partial charge on any atom is -0.457 e. The smallest absolute Gasteiger partial charge is 0.410 e. The van der Waals surface area contributed by atoms with Crippen molar-refractivity contribution in [2.45, 2.75) is 50.7 Å². The topological polar surface area (TPSA) is 90.7 Å². The van der Waals surface area contributed by atoms with E-state index in [1.54, 1.807) is 47.5 Å². The van der Waals surface area contributed by atoms with Crippen LogP contribution in [0.2, 0.25) is 0 Å². The molecule has 196 valence electrons. The van der Waals surface area contributed by atoms with E-state index in [0.717, 1.165) is 17.5 Å². The van der Waals surface area contributed by atoms with E-state index in [4.69, 9.17) is 9.47 Å². The zero-order chi connectivity index (χ0) is 27.0. The van der Waals surface area contributed by atoms with E-state index in [2.05, 4.69) is 4.98 Å². The molecule has 1 aliphatic heterocycles. The minimum absolute atomic E-state index is 0.189. The summed E-state index contributed by atoms with van der Waals surface area (Å²) < 4.78 is 26.6. The van der Waals surface area contributed by atoms with E-state index >= 15 is 0 Å². The molecule has 2 aromatic carbocycles. The molecule has 0 radical (unpaired) electrons. The van der Waals surface area contributed by atoms with Gasteiger partial charge in [0, 0.05) is 12.7 Å². The third-order valence-electron chi connectivity index (χ3n) is 6.39. The van der Waals surface area contributed by atoms with Gasteiger partial charge in [-0.3, -0.25) is 4.79 Å². The molecule has 0 fully saturated rings. The van der Waals surface area contributed by atoms with E-state index in [9.17, 15) is 13.8 Å². The summed E-state index contributed by atoms with van der Waals surface area (Å²) in [5.74, 6) is 1.06. The lowest BCUT2D eigenvalue weighted by Crippen LogP contribution is -2.42. The predicted molar refractivity (Wildman–Crippen MR) is 145 cm³/mol. The maximum absolute atomic E-state index is 13.3. The summed E-state index contributed by atoms with van der Waals surface area (Å²) in [6.45, 7) is 8.12. The lowest BCUT2D eigenvalue weighted by Gasteiger charge is -2.36. The van der Waals surface area contributed by atoms with Gasteiger partial charge in [0.25, 0.3) is 0 Å². The van der Waals surface area contributed by atoms with Gasteiger partial charge >= 0.3 is 6.09 Å². The third kappa shape index (κ3) is 4.93. The Hall–Kier alpha value is -3.98. The number of aldehydes is 1. The molecule has 0 spiro atoms. The predicted octanol–water partition coefficient (Wildman–Crippen LogP) is 6.07. The molecule has 9 heteroatoms. The van der Waals surface area contributed by atoms with Crippen molar-refractivity contribution >= 4 is 34.4 Å². The highest BCUT2D eigenvalue weighted by Gasteiger charge is 2.31. The minimum atomic E-state index is -1.66. The van der Waals surface area contributed by atoms with E-state index in [1.807, 2.05) is 52.0 Å². The fourth-order valence-corrected chi connectivity index (χ4v) is 5.80. The molecule has 0 saturated heterocycles. The van der Waals surface area contributed by atoms with E-state index in [1.165, 1.54) is 3.97 Å². The number of fused-ring (bicyclic) bond motifs is 2. The molecular weight excluding hydrogens is 502 g/mol. The van der Waals surface area contributed by atoms with Crippen LogP contribution in [0.4, 0.5) is 4.79 Å². The summed E-state index contributed by atoms with van der Waals surface area (Å²) in [5.41, 5.74) is 2.18. The van der Waals surface area contributed by atoms with Gasteiger partial charge in [-0.15, -0.1) is 0 Å². The van der Waals surface area contributed by atoms with Gasteiger partial charge in [-0.2, -0.15) is 0 Å². The zero-order valence-electron chi connectivity index (χ0n) is 21.7. The van der Waals surface area contributed by atoms with Crippen LogP contribution in [0.5, 0.6) is 11.5 Å². The monoisotopic (exact) mass is 531 g/mol. The molecule has 0 saturated carbocycles. The van der Waals surface area contributed by atoms with Crippen molar-refractivity contribution in [1.82, 2.24) is 13.9 Å². The molecule has 2 unspecified atom stereocenters. The molecular formula is C29H29N3O5S. The number of hydrogen-bond donors (Lipinski definition) is 0. The van der Waals surface area contributed by atoms with Gasteiger partial charge in [-0.1, -0.05) is 24.3 Å². The first-order valence-electron chi connectivity index (χ1n) is 12.4. The lowest BCUT2D eigenvalue weighted by molar-refractivity contribution is 0.0159. The number of rotatable bonds is 5. The second-order valence-electron chi connectivity index (χ2n) is 10.2. The van der Waals surface area contributed by atoms with Gasteiger partial charge in [0.2, 0.25) is 0 Å². The van der Waals surface area contributed by atoms with Gasteiger partial charge in [-0.05, 0) is 81.6 Å². The van der Waals surface area contributed by atoms with E-state index in [0.29, 0.717) is 40.3 Å². The maximum Gasteiger partial charge on any atom is 0.410 e. The molecule has 38 heavy (non-hydrogen) atoms. The van der Waals surface area contributed by atoms with Crippen molar-refractivity contribution in [3.63, 3.8) is 0 Å². The van der Waals surface area contributed by atoms with Crippen LogP contribution in [0, 0.1) is 0 Å². The normalized spacial score (nSPS) is 16.1. The average molecular weight is 532 g/mol. The van der Waals surface area contributed by atoms with Crippen molar-refractivity contribution in [3.05, 3.63) is 83.7 Å². The highest BCUT2D eigenvalue weighted by molar-refractivity contribution is 7.83. The second-order valence-corrected chi connectivity index (χ2v) is 11.5. The Bertz CT molecular complexity index is 1540. The molecule has 8 nitrogen and oxygen atoms in total. The molecule has 2 aromatic heterocycles. The number of hydrogen-bond acceptors (Lipinski definition) is 6. The van der Waals surface area contributed by atoms with Crippen LogP contribution < -0.4 is 4.74 Å². The molecule has 1 amide bonds. The Kier molecular flexibility index (Phi) is 6.79. The van der Waals surface area contributed by atoms with Crippen LogP contribution in [0.1, 0.15) is 55.4 Å². The Morgan fingerprint density at radius 3 is 2.58 bits per heavy atom. The number of nitrogens with zero attached hydrogens (tertiary/aromatic N) is 3. The third-order valence-corrected chi connectivity index (χ3v) is 7.78. The summed E-state index contributed by atoms with van der Waals surface area (Å²) in [7, 11) is -1.66. The number of carbonyl (C=O) groups excluding carboxylic acids is 2. The first-order chi connectivity index (χ1) is 18.2. The summed E-state index contributed by atoms with van der Waals surface area (Å²) >= 11 is 0. The molecule has 1 aliphatic rings. The van der Waals surface area contributed by atoms with Gasteiger partial charge in [-0.25, -0.2) is 18.0 Å². The largest absolute Gasteiger partial charge is 0.457 e. The maximum atomic E-state index is 13.3. The van der Waals surface area contributed by atoms with Crippen LogP contribution in [0.3, 0.4) is 0 Å². The molecule has 0 N–H and O–H groups in total. The number of carbonyl (C=O) groups is 2. The first-order valence-corrected chi connectivity index (χ1v) is 13.5. The lowest BCUT2D eigenvalue weighted by atomic mass is 9.93. The van der Waals surface area contributed by atoms with Crippen LogP contribution in [0.25, 0.3) is 11.0 Å². The van der Waals surface area contributed by atoms with Gasteiger partial charge in [0.15, 0.2) is 22.9 Å². The Morgan fingerprint density at radius 1 is 1.11 bits per heavy atom. The number of ether oxygens (including phenoxy) is 2. The fourth-order valence-electron chi connectivity index (χ4n) is 4.61. The van der Waals surface area contributed by atoms with Gasteiger partial charge < -0.3 is 14.4 Å². The molecule has 0 bridgehead atoms. The van der Waals surface area contributed by atoms with Crippen molar-refractivity contribution in [2.24, 2.45) is 0 Å². The van der Waals surface area contributed by atoms with Gasteiger partial charge in [0.1, 0.15) is 17.1 Å². The molecule has 3 heterocycles. The summed E-state index contributed by atoms with van der Waals surface area (Å²) in [5, 5.41) is 0.569. The molecule has 5 rings (SSSR count). The highest BCUT2D eigenvalue weighted by Crippen LogP contribution is 2.36. The molecule has 0 aliphatic carbocycles. The zero-order valence-corrected chi connectivity index (χ0v) is 22.5. The quantitative estimate of drug-likeness (QED) is 0.291. The molecule has 4 aromatic rings. The van der Waals surface area contributed by atoms with E-state index in [-0.39, 0.29) is 17.8 Å². The Labute approximate surface area is 223 Å². The Balaban J connectivity index is 1.47. The first kappa shape index (κ1) is 25.7. The number of pyridine rings is 1. The van der Waals surface area contributed by atoms with Crippen molar-refractivity contribution in [2.75, 3.05) is 6.54 Å². The number of benzene rings is 2. The standard InChI is InChI=1S/C29H29N3O5S/c1-19-24-17-22(11-10-20(24)13-15-31(19)28(34)37-29(2,3)4)36-26-12-14-30-27-25(26)16-21(18-33)32(27)38(35)23-8-6-5-7-9-23/h5-12,14,16-19H,13,15H2,1-4H3. The molecule has 2 atom stereocenters. The van der Waals surface area contributed by atoms with E-state index < -0.39 is 16.6 Å². The number of aromatic nitrogens is 2. The summed E-state index contributed by atoms with van der Waals surface area (Å²) in [6.07, 6.45) is 2.61. The van der Waals surface area contributed by atoms with Crippen LogP contribution in [-0.2, 0) is 22.1 Å². The second kappa shape index (κ2) is 10.1. The van der Waals surface area contributed by atoms with Crippen LogP contribution >= 0.6 is 0 Å². The Morgan fingerprint density at radius 2 is 1.87 bits per heavy atom. The van der Waals surface area contributed by atoms with Gasteiger partial charge in [0.05, 0.1) is 22.0 Å². The fraction of sp³-hybridized carbons (Fsp3) is 0.276. The summed E-state index contributed by atoms with van der Waals surface area (Å²) in [6, 6.07) is 17.9. The van der Waals surface area contributed by atoms with Crippen molar-refractivity contribution in [3.8, 4) is 11.5 Å². The average Bonchev–Trinajstić information content (AvgIpc) is 3.28. The van der Waals surface area contributed by atoms with Crippen LogP contribution in [-0.4, -0.2) is 42.6 Å².